The fourth-order valence-corrected chi connectivity index (χ4v) is 1.88. The summed E-state index contributed by atoms with van der Waals surface area (Å²) in [4.78, 5) is 8.19. The molecule has 136 valence electrons. The van der Waals surface area contributed by atoms with Crippen molar-refractivity contribution in [3.63, 3.8) is 0 Å². The average molecular weight is 346 g/mol. The van der Waals surface area contributed by atoms with Crippen molar-refractivity contribution in [3.05, 3.63) is 23.9 Å². The molecule has 0 saturated heterocycles. The summed E-state index contributed by atoms with van der Waals surface area (Å²) in [5, 5.41) is 6.36. The van der Waals surface area contributed by atoms with Gasteiger partial charge in [0.1, 0.15) is 0 Å². The molecule has 0 radical (unpaired) electrons. The SMILES string of the molecule is CCCCCNC(=NCc1ccnc(OCC(F)(F)F)c1)NCC. The molecule has 0 aliphatic heterocycles. The van der Waals surface area contributed by atoms with Crippen LogP contribution in [0.15, 0.2) is 23.3 Å². The lowest BCUT2D eigenvalue weighted by Crippen LogP contribution is -2.37. The summed E-state index contributed by atoms with van der Waals surface area (Å²) in [5.41, 5.74) is 0.730. The number of guanidine groups is 1. The van der Waals surface area contributed by atoms with Gasteiger partial charge in [0.15, 0.2) is 12.6 Å². The average Bonchev–Trinajstić information content (AvgIpc) is 2.54. The Morgan fingerprint density at radius 1 is 1.25 bits per heavy atom. The number of hydrogen-bond donors (Lipinski definition) is 2. The molecule has 1 aromatic heterocycles. The zero-order chi connectivity index (χ0) is 17.8. The molecule has 1 aromatic rings. The minimum Gasteiger partial charge on any atom is -0.468 e. The summed E-state index contributed by atoms with van der Waals surface area (Å²) in [6, 6.07) is 3.17. The molecule has 0 aromatic carbocycles. The number of nitrogens with one attached hydrogen (secondary N) is 2. The van der Waals surface area contributed by atoms with Crippen LogP contribution in [0.1, 0.15) is 38.7 Å². The van der Waals surface area contributed by atoms with Crippen LogP contribution in [0.2, 0.25) is 0 Å². The van der Waals surface area contributed by atoms with Crippen molar-refractivity contribution in [2.45, 2.75) is 45.8 Å². The predicted octanol–water partition coefficient (Wildman–Crippen LogP) is 3.27. The van der Waals surface area contributed by atoms with Gasteiger partial charge in [-0.25, -0.2) is 9.98 Å². The number of aliphatic imine (C=N–C) groups is 1. The van der Waals surface area contributed by atoms with Crippen LogP contribution in [0.25, 0.3) is 0 Å². The molecule has 5 nitrogen and oxygen atoms in total. The predicted molar refractivity (Wildman–Crippen MR) is 88.1 cm³/mol. The Balaban J connectivity index is 2.58. The number of rotatable bonds is 9. The molecule has 0 spiro atoms. The van der Waals surface area contributed by atoms with Crippen molar-refractivity contribution < 1.29 is 17.9 Å². The van der Waals surface area contributed by atoms with Crippen molar-refractivity contribution in [2.24, 2.45) is 4.99 Å². The molecule has 1 rings (SSSR count). The Labute approximate surface area is 140 Å². The summed E-state index contributed by atoms with van der Waals surface area (Å²) in [5.74, 6) is 0.629. The topological polar surface area (TPSA) is 58.5 Å². The molecule has 0 aliphatic rings. The van der Waals surface area contributed by atoms with Crippen molar-refractivity contribution in [1.29, 1.82) is 0 Å². The number of ether oxygens (including phenoxy) is 1. The first-order valence-corrected chi connectivity index (χ1v) is 8.11. The van der Waals surface area contributed by atoms with E-state index in [9.17, 15) is 13.2 Å². The van der Waals surface area contributed by atoms with Gasteiger partial charge in [0.2, 0.25) is 5.88 Å². The standard InChI is InChI=1S/C16H25F3N4O/c1-3-5-6-8-22-15(20-4-2)23-11-13-7-9-21-14(10-13)24-12-16(17,18)19/h7,9-10H,3-6,8,11-12H2,1-2H3,(H2,20,22,23). The Hall–Kier alpha value is -1.99. The zero-order valence-electron chi connectivity index (χ0n) is 14.1. The van der Waals surface area contributed by atoms with Crippen LogP contribution in [-0.2, 0) is 6.54 Å². The molecule has 1 heterocycles. The molecule has 0 amide bonds. The van der Waals surface area contributed by atoms with Crippen LogP contribution in [0.3, 0.4) is 0 Å². The van der Waals surface area contributed by atoms with Gasteiger partial charge in [-0.1, -0.05) is 19.8 Å². The third-order valence-electron chi connectivity index (χ3n) is 3.02. The maximum Gasteiger partial charge on any atom is 0.422 e. The molecule has 0 saturated carbocycles. The minimum absolute atomic E-state index is 0.0547. The van der Waals surface area contributed by atoms with Crippen LogP contribution < -0.4 is 15.4 Å². The maximum absolute atomic E-state index is 12.2. The number of pyridine rings is 1. The summed E-state index contributed by atoms with van der Waals surface area (Å²) < 4.78 is 41.1. The first-order valence-electron chi connectivity index (χ1n) is 8.11. The van der Waals surface area contributed by atoms with Gasteiger partial charge in [-0.2, -0.15) is 13.2 Å². The van der Waals surface area contributed by atoms with Gasteiger partial charge >= 0.3 is 6.18 Å². The minimum atomic E-state index is -4.38. The van der Waals surface area contributed by atoms with Gasteiger partial charge in [-0.05, 0) is 25.0 Å². The molecule has 0 atom stereocenters. The second-order valence-corrected chi connectivity index (χ2v) is 5.24. The molecule has 0 unspecified atom stereocenters. The van der Waals surface area contributed by atoms with Crippen molar-refractivity contribution in [2.75, 3.05) is 19.7 Å². The second-order valence-electron chi connectivity index (χ2n) is 5.24. The van der Waals surface area contributed by atoms with E-state index in [0.29, 0.717) is 12.5 Å². The van der Waals surface area contributed by atoms with Crippen molar-refractivity contribution in [3.8, 4) is 5.88 Å². The van der Waals surface area contributed by atoms with E-state index in [-0.39, 0.29) is 5.88 Å². The first-order chi connectivity index (χ1) is 11.4. The van der Waals surface area contributed by atoms with Gasteiger partial charge in [0.25, 0.3) is 0 Å². The van der Waals surface area contributed by atoms with E-state index in [1.165, 1.54) is 12.3 Å². The highest BCUT2D eigenvalue weighted by Crippen LogP contribution is 2.17. The number of halogens is 3. The Morgan fingerprint density at radius 2 is 2.04 bits per heavy atom. The Bertz CT molecular complexity index is 506. The molecular formula is C16H25F3N4O. The fraction of sp³-hybridized carbons (Fsp3) is 0.625. The van der Waals surface area contributed by atoms with Crippen molar-refractivity contribution >= 4 is 5.96 Å². The third kappa shape index (κ3) is 9.22. The van der Waals surface area contributed by atoms with Crippen LogP contribution >= 0.6 is 0 Å². The van der Waals surface area contributed by atoms with Crippen LogP contribution in [-0.4, -0.2) is 36.8 Å². The number of hydrogen-bond acceptors (Lipinski definition) is 3. The van der Waals surface area contributed by atoms with E-state index in [1.807, 2.05) is 6.92 Å². The highest BCUT2D eigenvalue weighted by atomic mass is 19.4. The van der Waals surface area contributed by atoms with Gasteiger partial charge < -0.3 is 15.4 Å². The molecule has 0 bridgehead atoms. The second kappa shape index (κ2) is 10.7. The zero-order valence-corrected chi connectivity index (χ0v) is 14.1. The monoisotopic (exact) mass is 346 g/mol. The van der Waals surface area contributed by atoms with Crippen LogP contribution in [0, 0.1) is 0 Å². The summed E-state index contributed by atoms with van der Waals surface area (Å²) in [6.07, 6.45) is 0.393. The molecule has 0 fully saturated rings. The van der Waals surface area contributed by atoms with Gasteiger partial charge in [0.05, 0.1) is 6.54 Å². The lowest BCUT2D eigenvalue weighted by atomic mass is 10.2. The summed E-state index contributed by atoms with van der Waals surface area (Å²) in [7, 11) is 0. The molecular weight excluding hydrogens is 321 g/mol. The number of unbranched alkanes of at least 4 members (excludes halogenated alkanes) is 2. The van der Waals surface area contributed by atoms with Gasteiger partial charge in [0, 0.05) is 25.4 Å². The highest BCUT2D eigenvalue weighted by Gasteiger charge is 2.28. The lowest BCUT2D eigenvalue weighted by molar-refractivity contribution is -0.154. The lowest BCUT2D eigenvalue weighted by Gasteiger charge is -2.11. The Morgan fingerprint density at radius 3 is 2.71 bits per heavy atom. The van der Waals surface area contributed by atoms with E-state index >= 15 is 0 Å². The van der Waals surface area contributed by atoms with E-state index in [4.69, 9.17) is 0 Å². The fourth-order valence-electron chi connectivity index (χ4n) is 1.88. The largest absolute Gasteiger partial charge is 0.468 e. The molecule has 8 heteroatoms. The van der Waals surface area contributed by atoms with Crippen LogP contribution in [0.4, 0.5) is 13.2 Å². The smallest absolute Gasteiger partial charge is 0.422 e. The number of alkyl halides is 3. The summed E-state index contributed by atoms with van der Waals surface area (Å²) in [6.45, 7) is 4.65. The molecule has 2 N–H and O–H groups in total. The van der Waals surface area contributed by atoms with E-state index in [2.05, 4.69) is 32.3 Å². The van der Waals surface area contributed by atoms with E-state index in [0.717, 1.165) is 37.9 Å². The van der Waals surface area contributed by atoms with Crippen molar-refractivity contribution in [1.82, 2.24) is 15.6 Å². The van der Waals surface area contributed by atoms with E-state index < -0.39 is 12.8 Å². The van der Waals surface area contributed by atoms with Gasteiger partial charge in [-0.15, -0.1) is 0 Å². The highest BCUT2D eigenvalue weighted by molar-refractivity contribution is 5.79. The van der Waals surface area contributed by atoms with Gasteiger partial charge in [-0.3, -0.25) is 0 Å². The molecule has 0 aliphatic carbocycles. The third-order valence-corrected chi connectivity index (χ3v) is 3.02. The number of aromatic nitrogens is 1. The van der Waals surface area contributed by atoms with E-state index in [1.54, 1.807) is 6.07 Å². The van der Waals surface area contributed by atoms with Crippen LogP contribution in [0.5, 0.6) is 5.88 Å². The maximum atomic E-state index is 12.2. The molecule has 24 heavy (non-hydrogen) atoms. The first kappa shape index (κ1) is 20.1. The summed E-state index contributed by atoms with van der Waals surface area (Å²) >= 11 is 0. The normalized spacial score (nSPS) is 12.1. The Kier molecular flexibility index (Phi) is 8.96. The quantitative estimate of drug-likeness (QED) is 0.409. The number of nitrogens with zero attached hydrogens (tertiary/aromatic N) is 2.